The molecule has 3 aromatic rings. The van der Waals surface area contributed by atoms with Crippen molar-refractivity contribution >= 4 is 11.6 Å². The third-order valence-electron chi connectivity index (χ3n) is 3.65. The van der Waals surface area contributed by atoms with Crippen LogP contribution in [0.4, 0.5) is 5.69 Å². The minimum Gasteiger partial charge on any atom is -0.494 e. The number of carbonyl (C=O) groups is 1. The zero-order valence-electron chi connectivity index (χ0n) is 14.0. The van der Waals surface area contributed by atoms with Crippen LogP contribution >= 0.6 is 0 Å². The van der Waals surface area contributed by atoms with Gasteiger partial charge in [0.2, 0.25) is 5.91 Å². The average molecular weight is 338 g/mol. The molecule has 0 bridgehead atoms. The van der Waals surface area contributed by atoms with E-state index in [0.29, 0.717) is 35.8 Å². The number of benzene rings is 1. The van der Waals surface area contributed by atoms with Crippen LogP contribution in [0.5, 0.6) is 5.75 Å². The normalized spacial score (nSPS) is 10.5. The fourth-order valence-corrected chi connectivity index (χ4v) is 2.40. The summed E-state index contributed by atoms with van der Waals surface area (Å²) in [7, 11) is 1.57. The van der Waals surface area contributed by atoms with Gasteiger partial charge in [-0.25, -0.2) is 0 Å². The summed E-state index contributed by atoms with van der Waals surface area (Å²) in [6.07, 6.45) is 2.65. The minimum atomic E-state index is -0.0878. The summed E-state index contributed by atoms with van der Waals surface area (Å²) >= 11 is 0. The lowest BCUT2D eigenvalue weighted by atomic mass is 10.2. The second-order valence-electron chi connectivity index (χ2n) is 5.39. The topological polar surface area (TPSA) is 94.8 Å². The van der Waals surface area contributed by atoms with E-state index in [1.165, 1.54) is 0 Å². The number of aromatic nitrogens is 5. The predicted molar refractivity (Wildman–Crippen MR) is 91.6 cm³/mol. The van der Waals surface area contributed by atoms with Crippen molar-refractivity contribution < 1.29 is 9.53 Å². The van der Waals surface area contributed by atoms with E-state index in [0.717, 1.165) is 5.69 Å². The molecular formula is C17H18N6O2. The van der Waals surface area contributed by atoms with Gasteiger partial charge in [-0.2, -0.15) is 4.68 Å². The van der Waals surface area contributed by atoms with Crippen LogP contribution in [0, 0.1) is 6.92 Å². The molecule has 0 saturated heterocycles. The van der Waals surface area contributed by atoms with Crippen LogP contribution in [0.2, 0.25) is 0 Å². The zero-order chi connectivity index (χ0) is 17.6. The van der Waals surface area contributed by atoms with Gasteiger partial charge in [-0.15, -0.1) is 5.10 Å². The Morgan fingerprint density at radius 2 is 2.16 bits per heavy atom. The molecule has 1 amide bonds. The van der Waals surface area contributed by atoms with Gasteiger partial charge in [0.1, 0.15) is 11.4 Å². The Morgan fingerprint density at radius 3 is 2.84 bits per heavy atom. The highest BCUT2D eigenvalue weighted by Crippen LogP contribution is 2.26. The largest absolute Gasteiger partial charge is 0.494 e. The van der Waals surface area contributed by atoms with Gasteiger partial charge < -0.3 is 10.1 Å². The molecule has 0 unspecified atom stereocenters. The maximum Gasteiger partial charge on any atom is 0.224 e. The first-order valence-corrected chi connectivity index (χ1v) is 7.80. The highest BCUT2D eigenvalue weighted by atomic mass is 16.5. The van der Waals surface area contributed by atoms with E-state index in [1.54, 1.807) is 43.1 Å². The van der Waals surface area contributed by atoms with Gasteiger partial charge >= 0.3 is 0 Å². The van der Waals surface area contributed by atoms with Crippen LogP contribution in [0.1, 0.15) is 17.9 Å². The Morgan fingerprint density at radius 1 is 1.28 bits per heavy atom. The molecule has 0 saturated carbocycles. The first-order valence-electron chi connectivity index (χ1n) is 7.80. The number of pyridine rings is 1. The lowest BCUT2D eigenvalue weighted by Crippen LogP contribution is -2.13. The van der Waals surface area contributed by atoms with Crippen molar-refractivity contribution in [3.63, 3.8) is 0 Å². The Labute approximate surface area is 144 Å². The van der Waals surface area contributed by atoms with Crippen LogP contribution in [0.3, 0.4) is 0 Å². The molecular weight excluding hydrogens is 320 g/mol. The molecule has 0 radical (unpaired) electrons. The number of nitrogens with one attached hydrogen (secondary N) is 1. The van der Waals surface area contributed by atoms with E-state index in [4.69, 9.17) is 4.74 Å². The molecule has 0 aliphatic carbocycles. The van der Waals surface area contributed by atoms with Gasteiger partial charge in [0.05, 0.1) is 7.11 Å². The lowest BCUT2D eigenvalue weighted by molar-refractivity contribution is -0.116. The van der Waals surface area contributed by atoms with Crippen LogP contribution in [0.15, 0.2) is 42.6 Å². The number of ether oxygens (including phenoxy) is 1. The highest BCUT2D eigenvalue weighted by Gasteiger charge is 2.12. The SMILES string of the molecule is COc1ccc(NC(=O)CCc2ccccn2)cc1-n1nnnc1C. The molecule has 1 aromatic carbocycles. The zero-order valence-corrected chi connectivity index (χ0v) is 14.0. The van der Waals surface area contributed by atoms with Crippen molar-refractivity contribution in [1.29, 1.82) is 0 Å². The van der Waals surface area contributed by atoms with Crippen molar-refractivity contribution in [2.24, 2.45) is 0 Å². The van der Waals surface area contributed by atoms with Gasteiger partial charge in [0.15, 0.2) is 5.82 Å². The van der Waals surface area contributed by atoms with Crippen LogP contribution in [-0.2, 0) is 11.2 Å². The number of hydrogen-bond donors (Lipinski definition) is 1. The van der Waals surface area contributed by atoms with Crippen molar-refractivity contribution in [2.75, 3.05) is 12.4 Å². The average Bonchev–Trinajstić information content (AvgIpc) is 3.06. The number of hydrogen-bond acceptors (Lipinski definition) is 6. The number of rotatable bonds is 6. The number of amides is 1. The number of tetrazole rings is 1. The van der Waals surface area contributed by atoms with E-state index in [9.17, 15) is 4.79 Å². The van der Waals surface area contributed by atoms with Gasteiger partial charge in [0, 0.05) is 24.0 Å². The standard InChI is InChI=1S/C17H18N6O2/c1-12-20-21-22-23(12)15-11-14(6-8-16(15)25-2)19-17(24)9-7-13-5-3-4-10-18-13/h3-6,8,10-11H,7,9H2,1-2H3,(H,19,24). The molecule has 8 heteroatoms. The minimum absolute atomic E-state index is 0.0878. The van der Waals surface area contributed by atoms with Crippen molar-refractivity contribution in [2.45, 2.75) is 19.8 Å². The van der Waals surface area contributed by atoms with E-state index < -0.39 is 0 Å². The monoisotopic (exact) mass is 338 g/mol. The van der Waals surface area contributed by atoms with Crippen molar-refractivity contribution in [3.8, 4) is 11.4 Å². The molecule has 0 spiro atoms. The molecule has 128 valence electrons. The Balaban J connectivity index is 1.72. The Bertz CT molecular complexity index is 863. The van der Waals surface area contributed by atoms with Gasteiger partial charge in [-0.05, 0) is 54.1 Å². The first kappa shape index (κ1) is 16.6. The smallest absolute Gasteiger partial charge is 0.224 e. The van der Waals surface area contributed by atoms with Gasteiger partial charge in [-0.1, -0.05) is 6.07 Å². The molecule has 0 fully saturated rings. The number of carbonyl (C=O) groups excluding carboxylic acids is 1. The number of anilines is 1. The van der Waals surface area contributed by atoms with Crippen molar-refractivity contribution in [3.05, 3.63) is 54.1 Å². The third-order valence-corrected chi connectivity index (χ3v) is 3.65. The fraction of sp³-hybridized carbons (Fsp3) is 0.235. The Hall–Kier alpha value is -3.29. The lowest BCUT2D eigenvalue weighted by Gasteiger charge is -2.11. The summed E-state index contributed by atoms with van der Waals surface area (Å²) in [4.78, 5) is 16.4. The second-order valence-corrected chi connectivity index (χ2v) is 5.39. The maximum atomic E-state index is 12.2. The van der Waals surface area contributed by atoms with Gasteiger partial charge in [-0.3, -0.25) is 9.78 Å². The van der Waals surface area contributed by atoms with E-state index in [2.05, 4.69) is 25.8 Å². The summed E-state index contributed by atoms with van der Waals surface area (Å²) in [6, 6.07) is 11.0. The van der Waals surface area contributed by atoms with Crippen LogP contribution in [0.25, 0.3) is 5.69 Å². The van der Waals surface area contributed by atoms with Gasteiger partial charge in [0.25, 0.3) is 0 Å². The summed E-state index contributed by atoms with van der Waals surface area (Å²) in [5.41, 5.74) is 2.20. The maximum absolute atomic E-state index is 12.2. The summed E-state index contributed by atoms with van der Waals surface area (Å²) < 4.78 is 6.91. The summed E-state index contributed by atoms with van der Waals surface area (Å²) in [5, 5.41) is 14.3. The molecule has 1 N–H and O–H groups in total. The molecule has 2 heterocycles. The van der Waals surface area contributed by atoms with Crippen LogP contribution in [-0.4, -0.2) is 38.2 Å². The molecule has 0 aliphatic rings. The summed E-state index contributed by atoms with van der Waals surface area (Å²) in [6.45, 7) is 1.79. The molecule has 25 heavy (non-hydrogen) atoms. The predicted octanol–water partition coefficient (Wildman–Crippen LogP) is 1.95. The molecule has 8 nitrogen and oxygen atoms in total. The highest BCUT2D eigenvalue weighted by molar-refractivity contribution is 5.91. The fourth-order valence-electron chi connectivity index (χ4n) is 2.40. The number of methoxy groups -OCH3 is 1. The van der Waals surface area contributed by atoms with Crippen molar-refractivity contribution in [1.82, 2.24) is 25.2 Å². The molecule has 0 aliphatic heterocycles. The molecule has 2 aromatic heterocycles. The number of nitrogens with zero attached hydrogens (tertiary/aromatic N) is 5. The van der Waals surface area contributed by atoms with E-state index in [-0.39, 0.29) is 5.91 Å². The van der Waals surface area contributed by atoms with E-state index >= 15 is 0 Å². The molecule has 3 rings (SSSR count). The molecule has 0 atom stereocenters. The number of aryl methyl sites for hydroxylation is 2. The van der Waals surface area contributed by atoms with Crippen LogP contribution < -0.4 is 10.1 Å². The summed E-state index contributed by atoms with van der Waals surface area (Å²) in [5.74, 6) is 1.15. The Kier molecular flexibility index (Phi) is 4.98. The first-order chi connectivity index (χ1) is 12.2. The quantitative estimate of drug-likeness (QED) is 0.738. The second kappa shape index (κ2) is 7.52. The third kappa shape index (κ3) is 3.97. The van der Waals surface area contributed by atoms with E-state index in [1.807, 2.05) is 18.2 Å².